The lowest BCUT2D eigenvalue weighted by molar-refractivity contribution is -0.124. The van der Waals surface area contributed by atoms with Crippen LogP contribution >= 0.6 is 11.6 Å². The van der Waals surface area contributed by atoms with Crippen molar-refractivity contribution in [3.8, 4) is 6.07 Å². The van der Waals surface area contributed by atoms with E-state index in [0.717, 1.165) is 6.42 Å². The summed E-state index contributed by atoms with van der Waals surface area (Å²) in [5.41, 5.74) is 0.581. The van der Waals surface area contributed by atoms with Gasteiger partial charge >= 0.3 is 0 Å². The molecule has 0 aromatic heterocycles. The summed E-state index contributed by atoms with van der Waals surface area (Å²) in [6.45, 7) is 5.71. The zero-order chi connectivity index (χ0) is 13.1. The van der Waals surface area contributed by atoms with E-state index in [9.17, 15) is 4.79 Å². The number of benzene rings is 1. The largest absolute Gasteiger partial charge is 0.324 e. The van der Waals surface area contributed by atoms with Crippen LogP contribution in [0.4, 0.5) is 5.69 Å². The van der Waals surface area contributed by atoms with E-state index in [4.69, 9.17) is 16.9 Å². The van der Waals surface area contributed by atoms with Crippen LogP contribution in [0, 0.1) is 16.7 Å². The van der Waals surface area contributed by atoms with Crippen molar-refractivity contribution in [1.82, 2.24) is 0 Å². The molecule has 3 nitrogen and oxygen atoms in total. The molecule has 0 aliphatic rings. The van der Waals surface area contributed by atoms with Crippen LogP contribution in [0.1, 0.15) is 32.8 Å². The van der Waals surface area contributed by atoms with Crippen LogP contribution in [0.15, 0.2) is 18.2 Å². The van der Waals surface area contributed by atoms with Gasteiger partial charge in [-0.3, -0.25) is 4.79 Å². The van der Waals surface area contributed by atoms with Gasteiger partial charge in [0.15, 0.2) is 0 Å². The molecule has 1 amide bonds. The predicted octanol–water partition coefficient (Wildman–Crippen LogP) is 3.59. The summed E-state index contributed by atoms with van der Waals surface area (Å²) in [5, 5.41) is 11.9. The molecule has 0 saturated carbocycles. The fraction of sp³-hybridized carbons (Fsp3) is 0.385. The van der Waals surface area contributed by atoms with Crippen LogP contribution in [0.2, 0.25) is 5.02 Å². The van der Waals surface area contributed by atoms with Crippen LogP contribution in [-0.2, 0) is 4.79 Å². The molecule has 0 unspecified atom stereocenters. The highest BCUT2D eigenvalue weighted by Gasteiger charge is 2.25. The van der Waals surface area contributed by atoms with Crippen molar-refractivity contribution in [2.24, 2.45) is 5.41 Å². The van der Waals surface area contributed by atoms with Gasteiger partial charge in [0.2, 0.25) is 5.91 Å². The van der Waals surface area contributed by atoms with E-state index in [1.165, 1.54) is 6.07 Å². The van der Waals surface area contributed by atoms with Crippen molar-refractivity contribution in [3.05, 3.63) is 28.8 Å². The fourth-order valence-electron chi connectivity index (χ4n) is 1.14. The Labute approximate surface area is 106 Å². The first kappa shape index (κ1) is 13.5. The van der Waals surface area contributed by atoms with Gasteiger partial charge in [-0.25, -0.2) is 0 Å². The summed E-state index contributed by atoms with van der Waals surface area (Å²) < 4.78 is 0. The number of hydrogen-bond donors (Lipinski definition) is 1. The number of carbonyl (C=O) groups excluding carboxylic acids is 1. The molecule has 0 heterocycles. The quantitative estimate of drug-likeness (QED) is 0.891. The molecule has 1 aromatic carbocycles. The van der Waals surface area contributed by atoms with Crippen molar-refractivity contribution in [3.63, 3.8) is 0 Å². The minimum atomic E-state index is -0.433. The minimum absolute atomic E-state index is 0.0772. The first-order valence-electron chi connectivity index (χ1n) is 5.42. The Kier molecular flexibility index (Phi) is 4.14. The van der Waals surface area contributed by atoms with Gasteiger partial charge < -0.3 is 5.32 Å². The van der Waals surface area contributed by atoms with Crippen molar-refractivity contribution < 1.29 is 4.79 Å². The molecule has 1 aromatic rings. The number of anilines is 1. The third-order valence-corrected chi connectivity index (χ3v) is 3.16. The fourth-order valence-corrected chi connectivity index (χ4v) is 1.37. The van der Waals surface area contributed by atoms with Gasteiger partial charge in [0.25, 0.3) is 0 Å². The Morgan fingerprint density at radius 3 is 2.65 bits per heavy atom. The highest BCUT2D eigenvalue weighted by molar-refractivity contribution is 6.33. The molecule has 0 fully saturated rings. The molecular weight excluding hydrogens is 236 g/mol. The Hall–Kier alpha value is -1.53. The third-order valence-electron chi connectivity index (χ3n) is 2.84. The van der Waals surface area contributed by atoms with Crippen LogP contribution in [-0.4, -0.2) is 5.91 Å². The van der Waals surface area contributed by atoms with Crippen LogP contribution in [0.5, 0.6) is 0 Å². The topological polar surface area (TPSA) is 52.9 Å². The van der Waals surface area contributed by atoms with Crippen molar-refractivity contribution in [2.45, 2.75) is 27.2 Å². The molecule has 0 aliphatic heterocycles. The number of amides is 1. The number of nitrogens with zero attached hydrogens (tertiary/aromatic N) is 1. The molecule has 0 radical (unpaired) electrons. The van der Waals surface area contributed by atoms with Gasteiger partial charge in [-0.2, -0.15) is 5.26 Å². The summed E-state index contributed by atoms with van der Waals surface area (Å²) in [6.07, 6.45) is 0.743. The smallest absolute Gasteiger partial charge is 0.230 e. The SMILES string of the molecule is CCC(C)(C)C(=O)Nc1ccc(C#N)cc1Cl. The zero-order valence-electron chi connectivity index (χ0n) is 10.2. The van der Waals surface area contributed by atoms with Gasteiger partial charge in [0.05, 0.1) is 22.3 Å². The third kappa shape index (κ3) is 3.21. The maximum absolute atomic E-state index is 11.9. The highest BCUT2D eigenvalue weighted by Crippen LogP contribution is 2.27. The average Bonchev–Trinajstić information content (AvgIpc) is 2.31. The predicted molar refractivity (Wildman–Crippen MR) is 68.9 cm³/mol. The lowest BCUT2D eigenvalue weighted by atomic mass is 9.89. The van der Waals surface area contributed by atoms with Gasteiger partial charge in [0, 0.05) is 5.41 Å². The second kappa shape index (κ2) is 5.20. The van der Waals surface area contributed by atoms with E-state index in [2.05, 4.69) is 5.32 Å². The summed E-state index contributed by atoms with van der Waals surface area (Å²) in [4.78, 5) is 11.9. The first-order valence-corrected chi connectivity index (χ1v) is 5.79. The molecule has 0 spiro atoms. The standard InChI is InChI=1S/C13H15ClN2O/c1-4-13(2,3)12(17)16-11-6-5-9(8-15)7-10(11)14/h5-7H,4H2,1-3H3,(H,16,17). The van der Waals surface area contributed by atoms with E-state index in [0.29, 0.717) is 16.3 Å². The molecule has 1 N–H and O–H groups in total. The Bertz CT molecular complexity index is 475. The van der Waals surface area contributed by atoms with E-state index in [1.807, 2.05) is 26.8 Å². The second-order valence-electron chi connectivity index (χ2n) is 4.50. The monoisotopic (exact) mass is 250 g/mol. The molecule has 17 heavy (non-hydrogen) atoms. The number of hydrogen-bond acceptors (Lipinski definition) is 2. The minimum Gasteiger partial charge on any atom is -0.324 e. The molecule has 0 atom stereocenters. The van der Waals surface area contributed by atoms with Gasteiger partial charge in [-0.1, -0.05) is 32.4 Å². The van der Waals surface area contributed by atoms with Crippen molar-refractivity contribution >= 4 is 23.2 Å². The normalized spacial score (nSPS) is 10.8. The number of nitrogens with one attached hydrogen (secondary N) is 1. The number of halogens is 1. The van der Waals surface area contributed by atoms with Crippen molar-refractivity contribution in [2.75, 3.05) is 5.32 Å². The molecule has 90 valence electrons. The maximum Gasteiger partial charge on any atom is 0.230 e. The lowest BCUT2D eigenvalue weighted by Gasteiger charge is -2.21. The number of rotatable bonds is 3. The van der Waals surface area contributed by atoms with Crippen LogP contribution < -0.4 is 5.32 Å². The van der Waals surface area contributed by atoms with Crippen LogP contribution in [0.25, 0.3) is 0 Å². The van der Waals surface area contributed by atoms with E-state index >= 15 is 0 Å². The molecule has 0 aliphatic carbocycles. The zero-order valence-corrected chi connectivity index (χ0v) is 10.9. The lowest BCUT2D eigenvalue weighted by Crippen LogP contribution is -2.30. The van der Waals surface area contributed by atoms with Crippen molar-refractivity contribution in [1.29, 1.82) is 5.26 Å². The summed E-state index contributed by atoms with van der Waals surface area (Å²) in [6, 6.07) is 6.80. The Morgan fingerprint density at radius 2 is 2.18 bits per heavy atom. The molecule has 0 saturated heterocycles. The molecule has 4 heteroatoms. The number of nitriles is 1. The maximum atomic E-state index is 11.9. The van der Waals surface area contributed by atoms with Crippen LogP contribution in [0.3, 0.4) is 0 Å². The number of carbonyl (C=O) groups is 1. The molecule has 1 rings (SSSR count). The summed E-state index contributed by atoms with van der Waals surface area (Å²) in [7, 11) is 0. The molecular formula is C13H15ClN2O. The van der Waals surface area contributed by atoms with E-state index < -0.39 is 5.41 Å². The average molecular weight is 251 g/mol. The second-order valence-corrected chi connectivity index (χ2v) is 4.91. The van der Waals surface area contributed by atoms with E-state index in [-0.39, 0.29) is 5.91 Å². The Balaban J connectivity index is 2.91. The van der Waals surface area contributed by atoms with E-state index in [1.54, 1.807) is 12.1 Å². The summed E-state index contributed by atoms with van der Waals surface area (Å²) >= 11 is 5.98. The molecule has 0 bridgehead atoms. The first-order chi connectivity index (χ1) is 7.90. The summed E-state index contributed by atoms with van der Waals surface area (Å²) in [5.74, 6) is -0.0772. The Morgan fingerprint density at radius 1 is 1.53 bits per heavy atom. The van der Waals surface area contributed by atoms with Gasteiger partial charge in [0.1, 0.15) is 0 Å². The highest BCUT2D eigenvalue weighted by atomic mass is 35.5. The van der Waals surface area contributed by atoms with Gasteiger partial charge in [-0.05, 0) is 24.6 Å². The van der Waals surface area contributed by atoms with Gasteiger partial charge in [-0.15, -0.1) is 0 Å².